The first kappa shape index (κ1) is 12.9. The second kappa shape index (κ2) is 5.47. The smallest absolute Gasteiger partial charge is 0.195 e. The van der Waals surface area contributed by atoms with Crippen molar-refractivity contribution in [1.82, 2.24) is 4.90 Å². The van der Waals surface area contributed by atoms with Gasteiger partial charge in [0, 0.05) is 43.2 Å². The summed E-state index contributed by atoms with van der Waals surface area (Å²) in [7, 11) is 0. The van der Waals surface area contributed by atoms with Gasteiger partial charge in [-0.15, -0.1) is 0 Å². The summed E-state index contributed by atoms with van der Waals surface area (Å²) >= 11 is 0. The lowest BCUT2D eigenvalue weighted by atomic mass is 9.83. The van der Waals surface area contributed by atoms with Crippen LogP contribution in [0.1, 0.15) is 43.7 Å². The van der Waals surface area contributed by atoms with Gasteiger partial charge in [-0.05, 0) is 32.1 Å². The number of hydrogen-bond acceptors (Lipinski definition) is 3. The first-order valence-corrected chi connectivity index (χ1v) is 7.42. The summed E-state index contributed by atoms with van der Waals surface area (Å²) in [5.41, 5.74) is 6.93. The number of hydrogen-bond donors (Lipinski definition) is 1. The van der Waals surface area contributed by atoms with Gasteiger partial charge < -0.3 is 10.9 Å². The fourth-order valence-electron chi connectivity index (χ4n) is 3.64. The van der Waals surface area contributed by atoms with Crippen LogP contribution in [-0.4, -0.2) is 30.1 Å². The molecule has 1 saturated carbocycles. The Morgan fingerprint density at radius 1 is 1.16 bits per heavy atom. The zero-order valence-corrected chi connectivity index (χ0v) is 11.4. The van der Waals surface area contributed by atoms with Crippen molar-refractivity contribution >= 4 is 0 Å². The summed E-state index contributed by atoms with van der Waals surface area (Å²) in [4.78, 5) is 2.55. The van der Waals surface area contributed by atoms with Gasteiger partial charge in [-0.2, -0.15) is 4.73 Å². The van der Waals surface area contributed by atoms with E-state index in [0.717, 1.165) is 42.8 Å². The van der Waals surface area contributed by atoms with Gasteiger partial charge in [-0.3, -0.25) is 4.90 Å². The van der Waals surface area contributed by atoms with E-state index in [4.69, 9.17) is 5.73 Å². The third-order valence-corrected chi connectivity index (χ3v) is 4.74. The summed E-state index contributed by atoms with van der Waals surface area (Å²) in [5, 5.41) is 11.8. The second-order valence-electron chi connectivity index (χ2n) is 6.00. The molecule has 1 saturated heterocycles. The normalized spacial score (nSPS) is 32.6. The van der Waals surface area contributed by atoms with Crippen molar-refractivity contribution in [2.24, 2.45) is 5.73 Å². The molecule has 19 heavy (non-hydrogen) atoms. The van der Waals surface area contributed by atoms with Crippen molar-refractivity contribution < 1.29 is 4.73 Å². The maximum absolute atomic E-state index is 11.8. The fraction of sp³-hybridized carbons (Fsp3) is 0.667. The molecular formula is C15H23N3O. The molecule has 2 N–H and O–H groups in total. The Hall–Kier alpha value is -1.13. The van der Waals surface area contributed by atoms with E-state index in [-0.39, 0.29) is 0 Å². The van der Waals surface area contributed by atoms with E-state index in [2.05, 4.69) is 4.90 Å². The summed E-state index contributed by atoms with van der Waals surface area (Å²) in [6.45, 7) is 2.21. The van der Waals surface area contributed by atoms with Crippen LogP contribution in [0.3, 0.4) is 0 Å². The standard InChI is InChI=1S/C15H23N3O/c16-13-8-10-17(11-13)14-6-4-12(5-7-14)15-3-1-2-9-18(15)19/h1-3,9,12-14H,4-8,10-11,16H2. The molecule has 0 amide bonds. The Bertz CT molecular complexity index is 429. The first-order valence-electron chi connectivity index (χ1n) is 7.42. The van der Waals surface area contributed by atoms with Gasteiger partial charge in [0.1, 0.15) is 0 Å². The molecule has 0 spiro atoms. The molecule has 3 rings (SSSR count). The van der Waals surface area contributed by atoms with Crippen molar-refractivity contribution in [2.45, 2.75) is 50.1 Å². The van der Waals surface area contributed by atoms with Gasteiger partial charge in [-0.1, -0.05) is 6.07 Å². The molecule has 4 heteroatoms. The Kier molecular flexibility index (Phi) is 3.71. The Morgan fingerprint density at radius 3 is 2.58 bits per heavy atom. The van der Waals surface area contributed by atoms with E-state index in [1.54, 1.807) is 12.3 Å². The quantitative estimate of drug-likeness (QED) is 0.646. The molecule has 4 nitrogen and oxygen atoms in total. The zero-order chi connectivity index (χ0) is 13.2. The molecule has 1 aliphatic carbocycles. The van der Waals surface area contributed by atoms with E-state index < -0.39 is 0 Å². The average Bonchev–Trinajstić information content (AvgIpc) is 2.86. The minimum Gasteiger partial charge on any atom is -0.618 e. The highest BCUT2D eigenvalue weighted by Gasteiger charge is 2.32. The predicted octanol–water partition coefficient (Wildman–Crippen LogP) is 1.38. The van der Waals surface area contributed by atoms with E-state index in [0.29, 0.717) is 18.0 Å². The Labute approximate surface area is 114 Å². The third kappa shape index (κ3) is 2.74. The van der Waals surface area contributed by atoms with Crippen LogP contribution in [0.2, 0.25) is 0 Å². The fourth-order valence-corrected chi connectivity index (χ4v) is 3.64. The van der Waals surface area contributed by atoms with E-state index in [1.807, 2.05) is 12.1 Å². The van der Waals surface area contributed by atoms with Crippen LogP contribution in [-0.2, 0) is 0 Å². The lowest BCUT2D eigenvalue weighted by Gasteiger charge is -2.33. The maximum Gasteiger partial charge on any atom is 0.195 e. The molecule has 1 aliphatic heterocycles. The van der Waals surface area contributed by atoms with Crippen molar-refractivity contribution in [3.8, 4) is 0 Å². The molecule has 0 radical (unpaired) electrons. The molecule has 0 aromatic carbocycles. The molecule has 2 aliphatic rings. The third-order valence-electron chi connectivity index (χ3n) is 4.74. The summed E-state index contributed by atoms with van der Waals surface area (Å²) < 4.78 is 1.04. The average molecular weight is 261 g/mol. The van der Waals surface area contributed by atoms with Crippen molar-refractivity contribution in [3.05, 3.63) is 35.3 Å². The molecule has 1 aromatic heterocycles. The van der Waals surface area contributed by atoms with Crippen LogP contribution in [0.4, 0.5) is 0 Å². The lowest BCUT2D eigenvalue weighted by Crippen LogP contribution is -2.40. The van der Waals surface area contributed by atoms with Gasteiger partial charge >= 0.3 is 0 Å². The predicted molar refractivity (Wildman–Crippen MR) is 74.6 cm³/mol. The van der Waals surface area contributed by atoms with Crippen LogP contribution in [0, 0.1) is 5.21 Å². The van der Waals surface area contributed by atoms with Gasteiger partial charge in [0.25, 0.3) is 0 Å². The van der Waals surface area contributed by atoms with Crippen molar-refractivity contribution in [3.63, 3.8) is 0 Å². The SMILES string of the molecule is NC1CCN(C2CCC(c3cccc[n+]3[O-])CC2)C1. The van der Waals surface area contributed by atoms with Gasteiger partial charge in [0.05, 0.1) is 0 Å². The Balaban J connectivity index is 1.59. The number of nitrogens with two attached hydrogens (primary N) is 1. The van der Waals surface area contributed by atoms with Crippen LogP contribution in [0.25, 0.3) is 0 Å². The highest BCUT2D eigenvalue weighted by atomic mass is 16.5. The highest BCUT2D eigenvalue weighted by Crippen LogP contribution is 2.34. The van der Waals surface area contributed by atoms with Crippen LogP contribution in [0.15, 0.2) is 24.4 Å². The van der Waals surface area contributed by atoms with E-state index >= 15 is 0 Å². The zero-order valence-electron chi connectivity index (χ0n) is 11.4. The largest absolute Gasteiger partial charge is 0.618 e. The number of rotatable bonds is 2. The first-order chi connectivity index (χ1) is 9.24. The number of nitrogens with zero attached hydrogens (tertiary/aromatic N) is 2. The minimum absolute atomic E-state index is 0.371. The molecule has 1 aromatic rings. The summed E-state index contributed by atoms with van der Waals surface area (Å²) in [6.07, 6.45) is 7.41. The lowest BCUT2D eigenvalue weighted by molar-refractivity contribution is -0.616. The van der Waals surface area contributed by atoms with E-state index in [1.165, 1.54) is 12.8 Å². The number of likely N-dealkylation sites (tertiary alicyclic amines) is 1. The number of pyridine rings is 1. The van der Waals surface area contributed by atoms with Gasteiger partial charge in [-0.25, -0.2) is 0 Å². The van der Waals surface area contributed by atoms with Crippen LogP contribution < -0.4 is 10.5 Å². The van der Waals surface area contributed by atoms with E-state index in [9.17, 15) is 5.21 Å². The molecule has 1 atom stereocenters. The number of aromatic nitrogens is 1. The molecule has 104 valence electrons. The Morgan fingerprint density at radius 2 is 1.95 bits per heavy atom. The minimum atomic E-state index is 0.371. The van der Waals surface area contributed by atoms with Crippen LogP contribution >= 0.6 is 0 Å². The molecule has 2 heterocycles. The van der Waals surface area contributed by atoms with Crippen molar-refractivity contribution in [2.75, 3.05) is 13.1 Å². The maximum atomic E-state index is 11.8. The van der Waals surface area contributed by atoms with Gasteiger partial charge in [0.15, 0.2) is 11.9 Å². The summed E-state index contributed by atoms with van der Waals surface area (Å²) in [5.74, 6) is 0.436. The monoisotopic (exact) mass is 261 g/mol. The molecular weight excluding hydrogens is 238 g/mol. The van der Waals surface area contributed by atoms with Gasteiger partial charge in [0.2, 0.25) is 0 Å². The second-order valence-corrected chi connectivity index (χ2v) is 6.00. The molecule has 1 unspecified atom stereocenters. The summed E-state index contributed by atoms with van der Waals surface area (Å²) in [6, 6.07) is 6.80. The highest BCUT2D eigenvalue weighted by molar-refractivity contribution is 5.06. The van der Waals surface area contributed by atoms with Crippen molar-refractivity contribution in [1.29, 1.82) is 0 Å². The topological polar surface area (TPSA) is 56.2 Å². The molecule has 2 fully saturated rings. The van der Waals surface area contributed by atoms with Crippen LogP contribution in [0.5, 0.6) is 0 Å². The molecule has 0 bridgehead atoms.